The van der Waals surface area contributed by atoms with E-state index in [4.69, 9.17) is 19.4 Å². The largest absolute Gasteiger partial charge is 0.378 e. The molecule has 1 aromatic rings. The van der Waals surface area contributed by atoms with Gasteiger partial charge in [0.05, 0.1) is 37.5 Å². The quantitative estimate of drug-likeness (QED) is 0.814. The van der Waals surface area contributed by atoms with Crippen LogP contribution < -0.4 is 4.90 Å². The molecule has 0 saturated carbocycles. The number of nitrogens with zero attached hydrogens (tertiary/aromatic N) is 4. The molecule has 1 atom stereocenters. The van der Waals surface area contributed by atoms with Crippen LogP contribution in [0.1, 0.15) is 30.3 Å². The maximum Gasteiger partial charge on any atom is 0.225 e. The molecule has 1 aromatic heterocycles. The Hall–Kier alpha value is -1.24. The van der Waals surface area contributed by atoms with E-state index in [0.717, 1.165) is 70.6 Å². The summed E-state index contributed by atoms with van der Waals surface area (Å²) < 4.78 is 11.4. The summed E-state index contributed by atoms with van der Waals surface area (Å²) in [6, 6.07) is 0. The van der Waals surface area contributed by atoms with Gasteiger partial charge in [0, 0.05) is 30.9 Å². The Kier molecular flexibility index (Phi) is 3.99. The van der Waals surface area contributed by atoms with Crippen LogP contribution in [0.4, 0.5) is 5.95 Å². The number of rotatable bonds is 2. The molecule has 4 rings (SSSR count). The fourth-order valence-electron chi connectivity index (χ4n) is 4.05. The second kappa shape index (κ2) is 6.00. The van der Waals surface area contributed by atoms with Crippen LogP contribution in [0, 0.1) is 6.92 Å². The fourth-order valence-corrected chi connectivity index (χ4v) is 4.05. The summed E-state index contributed by atoms with van der Waals surface area (Å²) in [5.41, 5.74) is 3.59. The van der Waals surface area contributed by atoms with Gasteiger partial charge in [0.25, 0.3) is 0 Å². The van der Waals surface area contributed by atoms with Crippen LogP contribution in [0.5, 0.6) is 0 Å². The first-order valence-electron chi connectivity index (χ1n) is 8.73. The van der Waals surface area contributed by atoms with Gasteiger partial charge in [-0.15, -0.1) is 0 Å². The number of aryl methyl sites for hydroxylation is 1. The number of morpholine rings is 1. The van der Waals surface area contributed by atoms with E-state index in [0.29, 0.717) is 6.61 Å². The Labute approximate surface area is 137 Å². The molecule has 0 N–H and O–H groups in total. The van der Waals surface area contributed by atoms with Gasteiger partial charge < -0.3 is 19.3 Å². The normalized spacial score (nSPS) is 28.3. The lowest BCUT2D eigenvalue weighted by atomic mass is 9.80. The predicted octanol–water partition coefficient (Wildman–Crippen LogP) is 1.12. The number of likely N-dealkylation sites (N-methyl/N-ethyl adjacent to an activating group) is 1. The fraction of sp³-hybridized carbons (Fsp3) is 0.765. The van der Waals surface area contributed by atoms with Crippen molar-refractivity contribution in [2.75, 3.05) is 57.4 Å². The molecule has 6 nitrogen and oxygen atoms in total. The zero-order valence-electron chi connectivity index (χ0n) is 14.2. The summed E-state index contributed by atoms with van der Waals surface area (Å²) >= 11 is 0. The topological polar surface area (TPSA) is 50.7 Å². The molecule has 2 fully saturated rings. The monoisotopic (exact) mass is 318 g/mol. The highest BCUT2D eigenvalue weighted by Crippen LogP contribution is 2.40. The van der Waals surface area contributed by atoms with Crippen molar-refractivity contribution in [1.29, 1.82) is 0 Å². The lowest BCUT2D eigenvalue weighted by Gasteiger charge is -2.36. The number of hydrogen-bond donors (Lipinski definition) is 0. The molecule has 4 heterocycles. The van der Waals surface area contributed by atoms with E-state index in [1.807, 2.05) is 0 Å². The summed E-state index contributed by atoms with van der Waals surface area (Å²) in [7, 11) is 0. The minimum absolute atomic E-state index is 0.0539. The zero-order chi connectivity index (χ0) is 15.9. The van der Waals surface area contributed by atoms with Crippen molar-refractivity contribution in [3.8, 4) is 0 Å². The molecule has 0 radical (unpaired) electrons. The first-order chi connectivity index (χ1) is 11.2. The second-order valence-corrected chi connectivity index (χ2v) is 6.93. The van der Waals surface area contributed by atoms with Gasteiger partial charge in [-0.05, 0) is 26.4 Å². The van der Waals surface area contributed by atoms with Crippen LogP contribution in [0.25, 0.3) is 0 Å². The molecule has 0 aromatic carbocycles. The Morgan fingerprint density at radius 2 is 1.96 bits per heavy atom. The van der Waals surface area contributed by atoms with Gasteiger partial charge in [-0.2, -0.15) is 0 Å². The molecule has 6 heteroatoms. The Morgan fingerprint density at radius 1 is 1.13 bits per heavy atom. The van der Waals surface area contributed by atoms with E-state index in [1.165, 1.54) is 11.3 Å². The molecule has 2 saturated heterocycles. The van der Waals surface area contributed by atoms with Crippen LogP contribution in [0.3, 0.4) is 0 Å². The molecule has 3 aliphatic heterocycles. The van der Waals surface area contributed by atoms with Crippen molar-refractivity contribution < 1.29 is 9.47 Å². The lowest BCUT2D eigenvalue weighted by Crippen LogP contribution is -2.42. The van der Waals surface area contributed by atoms with E-state index in [1.54, 1.807) is 0 Å². The molecule has 0 unspecified atom stereocenters. The summed E-state index contributed by atoms with van der Waals surface area (Å²) in [6.07, 6.45) is 1.13. The predicted molar refractivity (Wildman–Crippen MR) is 87.9 cm³/mol. The van der Waals surface area contributed by atoms with Gasteiger partial charge in [-0.1, -0.05) is 6.92 Å². The maximum absolute atomic E-state index is 5.95. The number of ether oxygens (including phenoxy) is 2. The molecule has 0 amide bonds. The molecular weight excluding hydrogens is 292 g/mol. The van der Waals surface area contributed by atoms with E-state index >= 15 is 0 Å². The number of fused-ring (bicyclic) bond motifs is 2. The molecule has 0 aliphatic carbocycles. The minimum Gasteiger partial charge on any atom is -0.378 e. The number of anilines is 1. The van der Waals surface area contributed by atoms with E-state index in [-0.39, 0.29) is 5.41 Å². The highest BCUT2D eigenvalue weighted by Gasteiger charge is 2.45. The Balaban J connectivity index is 1.73. The van der Waals surface area contributed by atoms with Crippen molar-refractivity contribution >= 4 is 5.95 Å². The SMILES string of the molecule is CCN1CC[C@@]2(COCc3c(C)nc(N4CCOCC4)nc32)C1. The summed E-state index contributed by atoms with van der Waals surface area (Å²) in [4.78, 5) is 14.6. The molecule has 1 spiro atoms. The third-order valence-electron chi connectivity index (χ3n) is 5.50. The molecular formula is C17H26N4O2. The van der Waals surface area contributed by atoms with Crippen molar-refractivity contribution in [2.45, 2.75) is 32.3 Å². The van der Waals surface area contributed by atoms with Crippen LogP contribution in [-0.2, 0) is 21.5 Å². The molecule has 126 valence electrons. The Morgan fingerprint density at radius 3 is 2.70 bits per heavy atom. The van der Waals surface area contributed by atoms with Crippen LogP contribution in [-0.4, -0.2) is 67.4 Å². The minimum atomic E-state index is 0.0539. The second-order valence-electron chi connectivity index (χ2n) is 6.93. The molecule has 0 bridgehead atoms. The molecule has 23 heavy (non-hydrogen) atoms. The van der Waals surface area contributed by atoms with E-state index in [9.17, 15) is 0 Å². The zero-order valence-corrected chi connectivity index (χ0v) is 14.2. The van der Waals surface area contributed by atoms with Gasteiger partial charge in [0.2, 0.25) is 5.95 Å². The van der Waals surface area contributed by atoms with Gasteiger partial charge >= 0.3 is 0 Å². The van der Waals surface area contributed by atoms with Gasteiger partial charge in [0.1, 0.15) is 0 Å². The maximum atomic E-state index is 5.95. The van der Waals surface area contributed by atoms with Crippen molar-refractivity contribution in [1.82, 2.24) is 14.9 Å². The average Bonchev–Trinajstić information content (AvgIpc) is 3.00. The van der Waals surface area contributed by atoms with Gasteiger partial charge in [0.15, 0.2) is 0 Å². The highest BCUT2D eigenvalue weighted by molar-refractivity contribution is 5.42. The Bertz CT molecular complexity index is 588. The average molecular weight is 318 g/mol. The number of hydrogen-bond acceptors (Lipinski definition) is 6. The van der Waals surface area contributed by atoms with Crippen LogP contribution in [0.2, 0.25) is 0 Å². The smallest absolute Gasteiger partial charge is 0.225 e. The van der Waals surface area contributed by atoms with Crippen LogP contribution in [0.15, 0.2) is 0 Å². The van der Waals surface area contributed by atoms with Gasteiger partial charge in [-0.3, -0.25) is 0 Å². The lowest BCUT2D eigenvalue weighted by molar-refractivity contribution is 0.0502. The van der Waals surface area contributed by atoms with Crippen molar-refractivity contribution in [3.05, 3.63) is 17.0 Å². The third kappa shape index (κ3) is 2.62. The van der Waals surface area contributed by atoms with Crippen molar-refractivity contribution in [2.24, 2.45) is 0 Å². The standard InChI is InChI=1S/C17H26N4O2/c1-3-20-5-4-17(11-20)12-23-10-14-13(2)18-16(19-15(14)17)21-6-8-22-9-7-21/h3-12H2,1-2H3/t17-/m0/s1. The van der Waals surface area contributed by atoms with Gasteiger partial charge in [-0.25, -0.2) is 9.97 Å². The number of likely N-dealkylation sites (tertiary alicyclic amines) is 1. The summed E-state index contributed by atoms with van der Waals surface area (Å²) in [5.74, 6) is 0.876. The molecule has 3 aliphatic rings. The number of aromatic nitrogens is 2. The van der Waals surface area contributed by atoms with E-state index in [2.05, 4.69) is 23.6 Å². The summed E-state index contributed by atoms with van der Waals surface area (Å²) in [6.45, 7) is 12.3. The summed E-state index contributed by atoms with van der Waals surface area (Å²) in [5, 5.41) is 0. The third-order valence-corrected chi connectivity index (χ3v) is 5.50. The highest BCUT2D eigenvalue weighted by atomic mass is 16.5. The first kappa shape index (κ1) is 15.3. The first-order valence-corrected chi connectivity index (χ1v) is 8.73. The van der Waals surface area contributed by atoms with Crippen LogP contribution >= 0.6 is 0 Å². The van der Waals surface area contributed by atoms with E-state index < -0.39 is 0 Å². The van der Waals surface area contributed by atoms with Crippen molar-refractivity contribution in [3.63, 3.8) is 0 Å².